The van der Waals surface area contributed by atoms with E-state index < -0.39 is 11.6 Å². The van der Waals surface area contributed by atoms with Crippen molar-refractivity contribution in [3.63, 3.8) is 0 Å². The lowest BCUT2D eigenvalue weighted by Gasteiger charge is -2.06. The Labute approximate surface area is 138 Å². The molecule has 0 saturated carbocycles. The van der Waals surface area contributed by atoms with Gasteiger partial charge < -0.3 is 5.73 Å². The summed E-state index contributed by atoms with van der Waals surface area (Å²) in [5.41, 5.74) is 6.46. The number of aromatic nitrogens is 2. The first-order chi connectivity index (χ1) is 11.0. The van der Waals surface area contributed by atoms with Crippen LogP contribution in [0.15, 0.2) is 53.1 Å². The molecule has 0 aliphatic carbocycles. The van der Waals surface area contributed by atoms with Crippen LogP contribution >= 0.6 is 15.9 Å². The third-order valence-corrected chi connectivity index (χ3v) is 3.77. The molecule has 1 aromatic heterocycles. The Balaban J connectivity index is 2.04. The zero-order valence-electron chi connectivity index (χ0n) is 11.6. The second-order valence-corrected chi connectivity index (χ2v) is 5.71. The van der Waals surface area contributed by atoms with Crippen LogP contribution in [0.1, 0.15) is 15.9 Å². The summed E-state index contributed by atoms with van der Waals surface area (Å²) in [4.78, 5) is 12.5. The lowest BCUT2D eigenvalue weighted by molar-refractivity contribution is 0.103. The van der Waals surface area contributed by atoms with Crippen LogP contribution in [-0.2, 0) is 0 Å². The highest BCUT2D eigenvalue weighted by molar-refractivity contribution is 9.10. The first kappa shape index (κ1) is 15.4. The molecule has 4 nitrogen and oxygen atoms in total. The van der Waals surface area contributed by atoms with Gasteiger partial charge in [-0.3, -0.25) is 4.79 Å². The highest BCUT2D eigenvalue weighted by Gasteiger charge is 2.19. The Morgan fingerprint density at radius 2 is 1.96 bits per heavy atom. The molecule has 3 rings (SSSR count). The number of nitrogens with zero attached hydrogens (tertiary/aromatic N) is 2. The number of nitrogen functional groups attached to an aromatic ring is 1. The van der Waals surface area contributed by atoms with Gasteiger partial charge in [0.1, 0.15) is 17.3 Å². The first-order valence-electron chi connectivity index (χ1n) is 6.56. The van der Waals surface area contributed by atoms with E-state index in [-0.39, 0.29) is 22.9 Å². The minimum atomic E-state index is -0.818. The molecule has 0 aliphatic rings. The number of hydrogen-bond donors (Lipinski definition) is 1. The number of nitrogens with two attached hydrogens (primary N) is 1. The molecule has 7 heteroatoms. The Kier molecular flexibility index (Phi) is 3.96. The fourth-order valence-corrected chi connectivity index (χ4v) is 2.56. The van der Waals surface area contributed by atoms with Crippen molar-refractivity contribution in [1.29, 1.82) is 0 Å². The van der Waals surface area contributed by atoms with Gasteiger partial charge in [0.2, 0.25) is 0 Å². The summed E-state index contributed by atoms with van der Waals surface area (Å²) in [5, 5.41) is 3.94. The molecule has 0 aliphatic heterocycles. The highest BCUT2D eigenvalue weighted by atomic mass is 79.9. The maximum absolute atomic E-state index is 13.9. The Morgan fingerprint density at radius 1 is 1.17 bits per heavy atom. The van der Waals surface area contributed by atoms with Crippen molar-refractivity contribution < 1.29 is 13.6 Å². The van der Waals surface area contributed by atoms with Gasteiger partial charge in [-0.2, -0.15) is 5.10 Å². The second-order valence-electron chi connectivity index (χ2n) is 4.79. The average molecular weight is 378 g/mol. The van der Waals surface area contributed by atoms with Crippen LogP contribution in [0.25, 0.3) is 5.69 Å². The third-order valence-electron chi connectivity index (χ3n) is 3.28. The number of carbonyl (C=O) groups is 1. The molecule has 0 bridgehead atoms. The smallest absolute Gasteiger partial charge is 0.198 e. The van der Waals surface area contributed by atoms with E-state index in [0.29, 0.717) is 5.56 Å². The predicted molar refractivity (Wildman–Crippen MR) is 85.5 cm³/mol. The number of carbonyl (C=O) groups excluding carboxylic acids is 1. The molecule has 0 amide bonds. The summed E-state index contributed by atoms with van der Waals surface area (Å²) in [6.45, 7) is 0. The van der Waals surface area contributed by atoms with E-state index in [4.69, 9.17) is 5.73 Å². The molecular weight excluding hydrogens is 368 g/mol. The summed E-state index contributed by atoms with van der Waals surface area (Å²) < 4.78 is 28.7. The maximum atomic E-state index is 13.9. The van der Waals surface area contributed by atoms with Gasteiger partial charge in [0, 0.05) is 16.1 Å². The molecule has 0 unspecified atom stereocenters. The molecule has 0 saturated heterocycles. The minimum Gasteiger partial charge on any atom is -0.383 e. The quantitative estimate of drug-likeness (QED) is 0.707. The van der Waals surface area contributed by atoms with E-state index in [0.717, 1.165) is 21.3 Å². The number of rotatable bonds is 3. The zero-order chi connectivity index (χ0) is 16.6. The van der Waals surface area contributed by atoms with Gasteiger partial charge in [0.05, 0.1) is 11.8 Å². The van der Waals surface area contributed by atoms with Gasteiger partial charge in [-0.1, -0.05) is 28.1 Å². The van der Waals surface area contributed by atoms with E-state index >= 15 is 0 Å². The topological polar surface area (TPSA) is 60.9 Å². The van der Waals surface area contributed by atoms with E-state index in [1.54, 1.807) is 24.3 Å². The van der Waals surface area contributed by atoms with E-state index in [1.807, 2.05) is 0 Å². The van der Waals surface area contributed by atoms with E-state index in [2.05, 4.69) is 21.0 Å². The number of ketones is 1. The molecule has 2 N–H and O–H groups in total. The van der Waals surface area contributed by atoms with Gasteiger partial charge in [-0.05, 0) is 24.3 Å². The van der Waals surface area contributed by atoms with Crippen LogP contribution in [0.2, 0.25) is 0 Å². The van der Waals surface area contributed by atoms with Gasteiger partial charge in [-0.25, -0.2) is 13.5 Å². The van der Waals surface area contributed by atoms with E-state index in [9.17, 15) is 13.6 Å². The Hall–Kier alpha value is -2.54. The SMILES string of the molecule is Nc1c(C(=O)c2cccc(Br)c2)cnn1-c1ccc(F)cc1F. The van der Waals surface area contributed by atoms with Crippen molar-refractivity contribution in [2.45, 2.75) is 0 Å². The average Bonchev–Trinajstić information content (AvgIpc) is 2.88. The normalized spacial score (nSPS) is 10.7. The summed E-state index contributed by atoms with van der Waals surface area (Å²) in [5.74, 6) is -1.87. The number of benzene rings is 2. The molecule has 116 valence electrons. The van der Waals surface area contributed by atoms with Crippen molar-refractivity contribution in [2.75, 3.05) is 5.73 Å². The molecule has 1 heterocycles. The van der Waals surface area contributed by atoms with Crippen LogP contribution in [0.5, 0.6) is 0 Å². The summed E-state index contributed by atoms with van der Waals surface area (Å²) >= 11 is 3.29. The van der Waals surface area contributed by atoms with Crippen molar-refractivity contribution in [2.24, 2.45) is 0 Å². The molecule has 23 heavy (non-hydrogen) atoms. The second kappa shape index (κ2) is 5.92. The number of halogens is 3. The molecule has 2 aromatic carbocycles. The first-order valence-corrected chi connectivity index (χ1v) is 7.36. The standard InChI is InChI=1S/C16H10BrF2N3O/c17-10-3-1-2-9(6-10)15(23)12-8-21-22(16(12)20)14-5-4-11(18)7-13(14)19/h1-8H,20H2. The van der Waals surface area contributed by atoms with Gasteiger partial charge in [-0.15, -0.1) is 0 Å². The van der Waals surface area contributed by atoms with E-state index in [1.165, 1.54) is 12.3 Å². The van der Waals surface area contributed by atoms with Gasteiger partial charge in [0.25, 0.3) is 0 Å². The van der Waals surface area contributed by atoms with Crippen LogP contribution in [0.3, 0.4) is 0 Å². The van der Waals surface area contributed by atoms with Crippen molar-refractivity contribution in [3.05, 3.63) is 75.9 Å². The van der Waals surface area contributed by atoms with Crippen molar-refractivity contribution >= 4 is 27.5 Å². The summed E-state index contributed by atoms with van der Waals surface area (Å²) in [6.07, 6.45) is 1.27. The monoisotopic (exact) mass is 377 g/mol. The lowest BCUT2D eigenvalue weighted by atomic mass is 10.1. The molecule has 0 radical (unpaired) electrons. The molecule has 0 spiro atoms. The molecule has 3 aromatic rings. The minimum absolute atomic E-state index is 0.0134. The summed E-state index contributed by atoms with van der Waals surface area (Å²) in [6, 6.07) is 9.83. The van der Waals surface area contributed by atoms with Crippen LogP contribution in [-0.4, -0.2) is 15.6 Å². The molecule has 0 atom stereocenters. The van der Waals surface area contributed by atoms with Crippen molar-refractivity contribution in [3.8, 4) is 5.69 Å². The molecular formula is C16H10BrF2N3O. The molecule has 0 fully saturated rings. The largest absolute Gasteiger partial charge is 0.383 e. The van der Waals surface area contributed by atoms with Crippen molar-refractivity contribution in [1.82, 2.24) is 9.78 Å². The summed E-state index contributed by atoms with van der Waals surface area (Å²) in [7, 11) is 0. The third kappa shape index (κ3) is 2.87. The van der Waals surface area contributed by atoms with Gasteiger partial charge in [0.15, 0.2) is 11.6 Å². The predicted octanol–water partition coefficient (Wildman–Crippen LogP) is 3.73. The van der Waals surface area contributed by atoms with Gasteiger partial charge >= 0.3 is 0 Å². The zero-order valence-corrected chi connectivity index (χ0v) is 13.2. The van der Waals surface area contributed by atoms with Crippen LogP contribution < -0.4 is 5.73 Å². The lowest BCUT2D eigenvalue weighted by Crippen LogP contribution is -2.08. The van der Waals surface area contributed by atoms with Crippen LogP contribution in [0.4, 0.5) is 14.6 Å². The number of anilines is 1. The fraction of sp³-hybridized carbons (Fsp3) is 0. The maximum Gasteiger partial charge on any atom is 0.198 e. The Morgan fingerprint density at radius 3 is 2.65 bits per heavy atom. The number of hydrogen-bond acceptors (Lipinski definition) is 3. The Bertz CT molecular complexity index is 908. The highest BCUT2D eigenvalue weighted by Crippen LogP contribution is 2.23. The fourth-order valence-electron chi connectivity index (χ4n) is 2.16. The van der Waals surface area contributed by atoms with Crippen LogP contribution in [0, 0.1) is 11.6 Å².